The molecule has 1 aromatic carbocycles. The van der Waals surface area contributed by atoms with Crippen molar-refractivity contribution in [1.29, 1.82) is 0 Å². The molecule has 0 radical (unpaired) electrons. The van der Waals surface area contributed by atoms with E-state index in [0.717, 1.165) is 19.3 Å². The Bertz CT molecular complexity index is 756. The van der Waals surface area contributed by atoms with Crippen LogP contribution in [0.2, 0.25) is 0 Å². The maximum Gasteiger partial charge on any atom is 0.417 e. The molecule has 1 unspecified atom stereocenters. The molecule has 0 saturated carbocycles. The minimum atomic E-state index is -0.896. The number of carbonyl (C=O) groups is 2. The summed E-state index contributed by atoms with van der Waals surface area (Å²) in [7, 11) is 3.41. The third-order valence-corrected chi connectivity index (χ3v) is 5.65. The first-order valence-electron chi connectivity index (χ1n) is 11.8. The van der Waals surface area contributed by atoms with E-state index in [1.54, 1.807) is 24.1 Å². The summed E-state index contributed by atoms with van der Waals surface area (Å²) < 4.78 is 11.4. The van der Waals surface area contributed by atoms with Crippen LogP contribution < -0.4 is 15.4 Å². The molecular formula is C25H40N4O4. The lowest BCUT2D eigenvalue weighted by Crippen LogP contribution is -2.69. The van der Waals surface area contributed by atoms with Gasteiger partial charge in [0.2, 0.25) is 5.91 Å². The highest BCUT2D eigenvalue weighted by Gasteiger charge is 2.45. The van der Waals surface area contributed by atoms with E-state index in [0.29, 0.717) is 50.9 Å². The van der Waals surface area contributed by atoms with Crippen molar-refractivity contribution < 1.29 is 19.1 Å². The number of para-hydroxylation sites is 1. The molecule has 1 atom stereocenters. The number of piperazine rings is 1. The number of benzene rings is 1. The molecule has 1 aliphatic rings. The van der Waals surface area contributed by atoms with Crippen molar-refractivity contribution in [3.63, 3.8) is 0 Å². The number of rotatable bonds is 12. The van der Waals surface area contributed by atoms with Gasteiger partial charge in [-0.1, -0.05) is 44.2 Å². The number of likely N-dealkylation sites (N-methyl/N-ethyl adjacent to an activating group) is 1. The third kappa shape index (κ3) is 8.79. The Kier molecular flexibility index (Phi) is 11.4. The maximum atomic E-state index is 12.9. The molecule has 2 amide bonds. The second kappa shape index (κ2) is 14.0. The Morgan fingerprint density at radius 2 is 1.94 bits per heavy atom. The Morgan fingerprint density at radius 1 is 1.18 bits per heavy atom. The van der Waals surface area contributed by atoms with Gasteiger partial charge in [-0.2, -0.15) is 0 Å². The van der Waals surface area contributed by atoms with E-state index in [-0.39, 0.29) is 5.91 Å². The van der Waals surface area contributed by atoms with E-state index in [4.69, 9.17) is 9.47 Å². The van der Waals surface area contributed by atoms with Gasteiger partial charge in [-0.05, 0) is 44.4 Å². The third-order valence-electron chi connectivity index (χ3n) is 5.65. The molecule has 184 valence electrons. The van der Waals surface area contributed by atoms with Crippen LogP contribution in [-0.4, -0.2) is 74.5 Å². The minimum absolute atomic E-state index is 0.0467. The molecule has 0 aromatic heterocycles. The SMILES string of the molecule is CNCC1(OC)CN(CNC(=O)CCCCC=CC(C)C)CCN1C(=O)Oc1ccccc1. The highest BCUT2D eigenvalue weighted by molar-refractivity contribution is 5.75. The van der Waals surface area contributed by atoms with E-state index in [2.05, 4.69) is 41.5 Å². The fourth-order valence-corrected chi connectivity index (χ4v) is 3.88. The summed E-state index contributed by atoms with van der Waals surface area (Å²) in [5.41, 5.74) is -0.896. The van der Waals surface area contributed by atoms with Gasteiger partial charge >= 0.3 is 6.09 Å². The number of nitrogens with zero attached hydrogens (tertiary/aromatic N) is 2. The molecule has 1 aromatic rings. The summed E-state index contributed by atoms with van der Waals surface area (Å²) in [5.74, 6) is 1.10. The predicted molar refractivity (Wildman–Crippen MR) is 130 cm³/mol. The van der Waals surface area contributed by atoms with Gasteiger partial charge in [-0.25, -0.2) is 4.79 Å². The van der Waals surface area contributed by atoms with E-state index in [9.17, 15) is 9.59 Å². The van der Waals surface area contributed by atoms with Crippen LogP contribution in [0.3, 0.4) is 0 Å². The van der Waals surface area contributed by atoms with Gasteiger partial charge in [-0.15, -0.1) is 0 Å². The first-order valence-corrected chi connectivity index (χ1v) is 11.8. The summed E-state index contributed by atoms with van der Waals surface area (Å²) in [6.07, 6.45) is 7.34. The molecule has 2 rings (SSSR count). The van der Waals surface area contributed by atoms with Gasteiger partial charge in [0.15, 0.2) is 5.72 Å². The average Bonchev–Trinajstić information content (AvgIpc) is 2.80. The smallest absolute Gasteiger partial charge is 0.410 e. The molecule has 8 heteroatoms. The Hall–Kier alpha value is -2.42. The van der Waals surface area contributed by atoms with Crippen LogP contribution in [0.25, 0.3) is 0 Å². The zero-order valence-electron chi connectivity index (χ0n) is 20.5. The second-order valence-corrected chi connectivity index (χ2v) is 8.74. The summed E-state index contributed by atoms with van der Waals surface area (Å²) in [6, 6.07) is 9.01. The van der Waals surface area contributed by atoms with Crippen molar-refractivity contribution in [1.82, 2.24) is 20.4 Å². The van der Waals surface area contributed by atoms with Crippen LogP contribution in [0.5, 0.6) is 5.75 Å². The molecular weight excluding hydrogens is 420 g/mol. The van der Waals surface area contributed by atoms with Gasteiger partial charge in [0.1, 0.15) is 5.75 Å². The van der Waals surface area contributed by atoms with E-state index >= 15 is 0 Å². The molecule has 1 heterocycles. The molecule has 1 aliphatic heterocycles. The van der Waals surface area contributed by atoms with Crippen molar-refractivity contribution in [3.05, 3.63) is 42.5 Å². The van der Waals surface area contributed by atoms with Crippen molar-refractivity contribution in [2.75, 3.05) is 47.0 Å². The zero-order valence-corrected chi connectivity index (χ0v) is 20.5. The molecule has 8 nitrogen and oxygen atoms in total. The number of nitrogens with one attached hydrogen (secondary N) is 2. The summed E-state index contributed by atoms with van der Waals surface area (Å²) in [6.45, 7) is 6.66. The predicted octanol–water partition coefficient (Wildman–Crippen LogP) is 3.21. The number of unbranched alkanes of at least 4 members (excludes halogenated alkanes) is 2. The van der Waals surface area contributed by atoms with Crippen LogP contribution in [0.4, 0.5) is 4.79 Å². The van der Waals surface area contributed by atoms with Gasteiger partial charge < -0.3 is 20.1 Å². The lowest BCUT2D eigenvalue weighted by molar-refractivity contribution is -0.155. The Morgan fingerprint density at radius 3 is 2.61 bits per heavy atom. The van der Waals surface area contributed by atoms with Gasteiger partial charge in [-0.3, -0.25) is 14.6 Å². The number of carbonyl (C=O) groups excluding carboxylic acids is 2. The fraction of sp³-hybridized carbons (Fsp3) is 0.600. The number of hydrogen-bond acceptors (Lipinski definition) is 6. The van der Waals surface area contributed by atoms with Gasteiger partial charge in [0, 0.05) is 39.7 Å². The average molecular weight is 461 g/mol. The fourth-order valence-electron chi connectivity index (χ4n) is 3.88. The van der Waals surface area contributed by atoms with Gasteiger partial charge in [0.25, 0.3) is 0 Å². The van der Waals surface area contributed by atoms with Crippen LogP contribution in [-0.2, 0) is 9.53 Å². The first kappa shape index (κ1) is 26.8. The number of allylic oxidation sites excluding steroid dienone is 2. The number of amides is 2. The lowest BCUT2D eigenvalue weighted by Gasteiger charge is -2.48. The standard InChI is InChI=1S/C25H40N4O4/c1-21(2)12-8-5-6-11-15-23(30)27-20-28-16-17-29(25(19-28,32-4)18-26-3)24(31)33-22-13-9-7-10-14-22/h7-10,12-14,21,26H,5-6,11,15-20H2,1-4H3,(H,27,30). The zero-order chi connectivity index (χ0) is 24.1. The van der Waals surface area contributed by atoms with Crippen LogP contribution in [0, 0.1) is 5.92 Å². The van der Waals surface area contributed by atoms with E-state index < -0.39 is 11.8 Å². The van der Waals surface area contributed by atoms with Gasteiger partial charge in [0.05, 0.1) is 6.67 Å². The van der Waals surface area contributed by atoms with Crippen LogP contribution >= 0.6 is 0 Å². The van der Waals surface area contributed by atoms with Crippen molar-refractivity contribution in [2.24, 2.45) is 5.92 Å². The maximum absolute atomic E-state index is 12.9. The largest absolute Gasteiger partial charge is 0.417 e. The highest BCUT2D eigenvalue weighted by atomic mass is 16.6. The molecule has 0 bridgehead atoms. The molecule has 2 N–H and O–H groups in total. The molecule has 0 spiro atoms. The van der Waals surface area contributed by atoms with Crippen molar-refractivity contribution in [2.45, 2.75) is 45.3 Å². The van der Waals surface area contributed by atoms with Crippen molar-refractivity contribution in [3.8, 4) is 5.75 Å². The topological polar surface area (TPSA) is 83.1 Å². The molecule has 0 aliphatic carbocycles. The number of methoxy groups -OCH3 is 1. The summed E-state index contributed by atoms with van der Waals surface area (Å²) in [5, 5.41) is 6.13. The van der Waals surface area contributed by atoms with E-state index in [1.807, 2.05) is 25.2 Å². The molecule has 1 fully saturated rings. The number of hydrogen-bond donors (Lipinski definition) is 2. The molecule has 33 heavy (non-hydrogen) atoms. The summed E-state index contributed by atoms with van der Waals surface area (Å²) >= 11 is 0. The molecule has 1 saturated heterocycles. The highest BCUT2D eigenvalue weighted by Crippen LogP contribution is 2.24. The number of ether oxygens (including phenoxy) is 2. The Labute approximate surface area is 198 Å². The first-order chi connectivity index (χ1) is 15.9. The normalized spacial score (nSPS) is 19.2. The summed E-state index contributed by atoms with van der Waals surface area (Å²) in [4.78, 5) is 28.9. The van der Waals surface area contributed by atoms with E-state index in [1.165, 1.54) is 0 Å². The minimum Gasteiger partial charge on any atom is -0.410 e. The quantitative estimate of drug-likeness (QED) is 0.368. The van der Waals surface area contributed by atoms with Crippen LogP contribution in [0.1, 0.15) is 39.5 Å². The second-order valence-electron chi connectivity index (χ2n) is 8.74. The van der Waals surface area contributed by atoms with Crippen LogP contribution in [0.15, 0.2) is 42.5 Å². The Balaban J connectivity index is 1.85. The lowest BCUT2D eigenvalue weighted by atomic mass is 10.1. The monoisotopic (exact) mass is 460 g/mol. The van der Waals surface area contributed by atoms with Crippen molar-refractivity contribution >= 4 is 12.0 Å².